The molecule has 2 amide bonds. The highest BCUT2D eigenvalue weighted by molar-refractivity contribution is 6.01. The maximum absolute atomic E-state index is 12.0. The van der Waals surface area contributed by atoms with Crippen molar-refractivity contribution in [2.24, 2.45) is 5.73 Å². The van der Waals surface area contributed by atoms with Gasteiger partial charge in [-0.2, -0.15) is 0 Å². The smallest absolute Gasteiger partial charge is 0.275 e. The summed E-state index contributed by atoms with van der Waals surface area (Å²) in [6.45, 7) is 0. The van der Waals surface area contributed by atoms with Crippen molar-refractivity contribution in [1.29, 1.82) is 0 Å². The number of nitrogens with two attached hydrogens (primary N) is 1. The summed E-state index contributed by atoms with van der Waals surface area (Å²) in [7, 11) is 0. The van der Waals surface area contributed by atoms with Crippen LogP contribution in [0.25, 0.3) is 11.1 Å². The largest absolute Gasteiger partial charge is 0.366 e. The Hall–Kier alpha value is -3.64. The van der Waals surface area contributed by atoms with Crippen LogP contribution in [0.15, 0.2) is 72.8 Å². The molecule has 6 nitrogen and oxygen atoms in total. The van der Waals surface area contributed by atoms with Crippen molar-refractivity contribution in [2.45, 2.75) is 0 Å². The zero-order valence-corrected chi connectivity index (χ0v) is 13.8. The molecule has 0 atom stereocenters. The van der Waals surface area contributed by atoms with Crippen LogP contribution in [0.5, 0.6) is 0 Å². The number of rotatable bonds is 5. The molecule has 0 spiro atoms. The van der Waals surface area contributed by atoms with Gasteiger partial charge in [0, 0.05) is 22.5 Å². The van der Waals surface area contributed by atoms with Gasteiger partial charge in [-0.15, -0.1) is 0 Å². The van der Waals surface area contributed by atoms with E-state index in [0.29, 0.717) is 16.7 Å². The van der Waals surface area contributed by atoms with Crippen LogP contribution in [0.1, 0.15) is 20.7 Å². The third-order valence-electron chi connectivity index (χ3n) is 3.91. The molecule has 0 heterocycles. The molecule has 6 heteroatoms. The zero-order chi connectivity index (χ0) is 18.5. The molecule has 26 heavy (non-hydrogen) atoms. The lowest BCUT2D eigenvalue weighted by molar-refractivity contribution is 0.0707. The Morgan fingerprint density at radius 2 is 1.50 bits per heavy atom. The van der Waals surface area contributed by atoms with Gasteiger partial charge in [0.25, 0.3) is 5.91 Å². The van der Waals surface area contributed by atoms with E-state index in [1.165, 1.54) is 0 Å². The lowest BCUT2D eigenvalue weighted by Gasteiger charge is -2.13. The molecule has 5 N–H and O–H groups in total. The monoisotopic (exact) mass is 347 g/mol. The zero-order valence-electron chi connectivity index (χ0n) is 13.8. The Kier molecular flexibility index (Phi) is 4.96. The summed E-state index contributed by atoms with van der Waals surface area (Å²) < 4.78 is 0. The van der Waals surface area contributed by atoms with Crippen molar-refractivity contribution in [1.82, 2.24) is 5.48 Å². The van der Waals surface area contributed by atoms with Gasteiger partial charge < -0.3 is 11.1 Å². The van der Waals surface area contributed by atoms with Crippen LogP contribution in [-0.4, -0.2) is 17.0 Å². The molecule has 0 aliphatic heterocycles. The predicted octanol–water partition coefficient (Wildman–Crippen LogP) is 3.32. The first-order chi connectivity index (χ1) is 12.6. The van der Waals surface area contributed by atoms with Gasteiger partial charge in [0.15, 0.2) is 0 Å². The number of carbonyl (C=O) groups excluding carboxylic acids is 2. The molecule has 3 rings (SSSR count). The van der Waals surface area contributed by atoms with Crippen LogP contribution in [0.4, 0.5) is 11.4 Å². The van der Waals surface area contributed by atoms with Gasteiger partial charge in [0.05, 0.1) is 0 Å². The minimum atomic E-state index is -0.582. The molecule has 0 fully saturated rings. The first-order valence-electron chi connectivity index (χ1n) is 7.89. The topological polar surface area (TPSA) is 104 Å². The molecular weight excluding hydrogens is 330 g/mol. The molecule has 3 aromatic rings. The second kappa shape index (κ2) is 7.50. The van der Waals surface area contributed by atoms with E-state index in [1.807, 2.05) is 36.4 Å². The molecule has 130 valence electrons. The minimum absolute atomic E-state index is 0.355. The standard InChI is InChI=1S/C20H17N3O3/c21-19(24)14-6-8-15(9-7-14)22-16-10-11-17(20(25)23-26)18(12-16)13-4-2-1-3-5-13/h1-12,22,26H,(H2,21,24)(H,23,25). The highest BCUT2D eigenvalue weighted by Gasteiger charge is 2.13. The van der Waals surface area contributed by atoms with Gasteiger partial charge in [-0.25, -0.2) is 5.48 Å². The van der Waals surface area contributed by atoms with E-state index < -0.39 is 11.8 Å². The van der Waals surface area contributed by atoms with Crippen molar-refractivity contribution >= 4 is 23.2 Å². The summed E-state index contributed by atoms with van der Waals surface area (Å²) >= 11 is 0. The number of hydrogen-bond donors (Lipinski definition) is 4. The van der Waals surface area contributed by atoms with E-state index in [9.17, 15) is 9.59 Å². The van der Waals surface area contributed by atoms with Crippen LogP contribution in [0, 0.1) is 0 Å². The molecule has 0 unspecified atom stereocenters. The van der Waals surface area contributed by atoms with Gasteiger partial charge in [-0.05, 0) is 53.6 Å². The summed E-state index contributed by atoms with van der Waals surface area (Å²) in [6, 6.07) is 21.4. The fraction of sp³-hybridized carbons (Fsp3) is 0. The van der Waals surface area contributed by atoms with Crippen LogP contribution < -0.4 is 16.5 Å². The quantitative estimate of drug-likeness (QED) is 0.420. The normalized spacial score (nSPS) is 10.2. The number of carbonyl (C=O) groups is 2. The van der Waals surface area contributed by atoms with Crippen LogP contribution in [0.3, 0.4) is 0 Å². The number of anilines is 2. The molecule has 0 saturated carbocycles. The maximum Gasteiger partial charge on any atom is 0.275 e. The molecular formula is C20H17N3O3. The van der Waals surface area contributed by atoms with Crippen LogP contribution >= 0.6 is 0 Å². The number of nitrogens with one attached hydrogen (secondary N) is 2. The SMILES string of the molecule is NC(=O)c1ccc(Nc2ccc(C(=O)NO)c(-c3ccccc3)c2)cc1. The third-order valence-corrected chi connectivity index (χ3v) is 3.91. The highest BCUT2D eigenvalue weighted by atomic mass is 16.5. The van der Waals surface area contributed by atoms with E-state index in [2.05, 4.69) is 5.32 Å². The maximum atomic E-state index is 12.0. The number of benzene rings is 3. The Labute approximate surface area is 150 Å². The summed E-state index contributed by atoms with van der Waals surface area (Å²) in [5.74, 6) is -1.07. The number of primary amides is 1. The van der Waals surface area contributed by atoms with Gasteiger partial charge in [-0.1, -0.05) is 30.3 Å². The minimum Gasteiger partial charge on any atom is -0.366 e. The van der Waals surface area contributed by atoms with Crippen molar-refractivity contribution in [3.8, 4) is 11.1 Å². The van der Waals surface area contributed by atoms with Gasteiger partial charge in [0.2, 0.25) is 5.91 Å². The van der Waals surface area contributed by atoms with E-state index in [4.69, 9.17) is 10.9 Å². The Bertz CT molecular complexity index is 938. The average molecular weight is 347 g/mol. The molecule has 0 radical (unpaired) electrons. The molecule has 0 bridgehead atoms. The van der Waals surface area contributed by atoms with Crippen molar-refractivity contribution in [3.05, 3.63) is 83.9 Å². The summed E-state index contributed by atoms with van der Waals surface area (Å²) in [4.78, 5) is 23.1. The summed E-state index contributed by atoms with van der Waals surface area (Å²) in [6.07, 6.45) is 0. The summed E-state index contributed by atoms with van der Waals surface area (Å²) in [5.41, 5.74) is 10.7. The van der Waals surface area contributed by atoms with Crippen molar-refractivity contribution < 1.29 is 14.8 Å². The Morgan fingerprint density at radius 3 is 2.12 bits per heavy atom. The Balaban J connectivity index is 1.96. The van der Waals surface area contributed by atoms with Crippen molar-refractivity contribution in [2.75, 3.05) is 5.32 Å². The van der Waals surface area contributed by atoms with Gasteiger partial charge >= 0.3 is 0 Å². The molecule has 0 saturated heterocycles. The summed E-state index contributed by atoms with van der Waals surface area (Å²) in [5, 5.41) is 12.2. The average Bonchev–Trinajstić information content (AvgIpc) is 2.68. The molecule has 0 aromatic heterocycles. The number of hydrogen-bond acceptors (Lipinski definition) is 4. The molecule has 0 aliphatic carbocycles. The van der Waals surface area contributed by atoms with E-state index in [1.54, 1.807) is 41.9 Å². The fourth-order valence-corrected chi connectivity index (χ4v) is 2.62. The third kappa shape index (κ3) is 3.71. The Morgan fingerprint density at radius 1 is 0.846 bits per heavy atom. The molecule has 0 aliphatic rings. The molecule has 3 aromatic carbocycles. The highest BCUT2D eigenvalue weighted by Crippen LogP contribution is 2.28. The number of hydroxylamine groups is 1. The second-order valence-electron chi connectivity index (χ2n) is 5.63. The van der Waals surface area contributed by atoms with Crippen LogP contribution in [-0.2, 0) is 0 Å². The first-order valence-corrected chi connectivity index (χ1v) is 7.89. The predicted molar refractivity (Wildman–Crippen MR) is 99.4 cm³/mol. The fourth-order valence-electron chi connectivity index (χ4n) is 2.62. The van der Waals surface area contributed by atoms with Gasteiger partial charge in [-0.3, -0.25) is 14.8 Å². The number of amides is 2. The van der Waals surface area contributed by atoms with Crippen molar-refractivity contribution in [3.63, 3.8) is 0 Å². The second-order valence-corrected chi connectivity index (χ2v) is 5.63. The van der Waals surface area contributed by atoms with E-state index in [0.717, 1.165) is 16.9 Å². The van der Waals surface area contributed by atoms with Gasteiger partial charge in [0.1, 0.15) is 0 Å². The van der Waals surface area contributed by atoms with E-state index >= 15 is 0 Å². The lowest BCUT2D eigenvalue weighted by Crippen LogP contribution is -2.19. The van der Waals surface area contributed by atoms with Crippen LogP contribution in [0.2, 0.25) is 0 Å². The van der Waals surface area contributed by atoms with E-state index in [-0.39, 0.29) is 0 Å². The first kappa shape index (κ1) is 17.2. The lowest BCUT2D eigenvalue weighted by atomic mass is 9.98.